The van der Waals surface area contributed by atoms with Gasteiger partial charge in [-0.25, -0.2) is 4.98 Å². The Morgan fingerprint density at radius 3 is 2.86 bits per heavy atom. The minimum Gasteiger partial charge on any atom is -0.379 e. The average Bonchev–Trinajstić information content (AvgIpc) is 3.30. The second-order valence-corrected chi connectivity index (χ2v) is 6.67. The molecule has 3 aromatic rings. The van der Waals surface area contributed by atoms with Crippen molar-refractivity contribution in [2.75, 3.05) is 13.2 Å². The molecule has 0 radical (unpaired) electrons. The monoisotopic (exact) mass is 390 g/mol. The van der Waals surface area contributed by atoms with E-state index in [-0.39, 0.29) is 23.2 Å². The lowest BCUT2D eigenvalue weighted by atomic mass is 10.0. The molecule has 2 aromatic heterocycles. The van der Waals surface area contributed by atoms with Crippen molar-refractivity contribution >= 4 is 16.9 Å². The Labute approximate surface area is 158 Å². The number of hydrogen-bond acceptors (Lipinski definition) is 4. The Morgan fingerprint density at radius 2 is 2.14 bits per heavy atom. The van der Waals surface area contributed by atoms with Crippen molar-refractivity contribution in [2.45, 2.75) is 18.6 Å². The van der Waals surface area contributed by atoms with E-state index in [2.05, 4.69) is 15.4 Å². The number of halogens is 3. The van der Waals surface area contributed by atoms with Crippen LogP contribution in [-0.4, -0.2) is 39.9 Å². The Hall–Kier alpha value is -2.94. The molecule has 1 N–H and O–H groups in total. The molecule has 1 aliphatic rings. The van der Waals surface area contributed by atoms with Crippen molar-refractivity contribution < 1.29 is 22.7 Å². The number of nitrogens with one attached hydrogen (secondary N) is 1. The third-order valence-electron chi connectivity index (χ3n) is 4.70. The molecule has 0 aliphatic carbocycles. The van der Waals surface area contributed by atoms with Crippen LogP contribution in [0.15, 0.2) is 36.5 Å². The fourth-order valence-electron chi connectivity index (χ4n) is 3.22. The molecule has 3 heterocycles. The van der Waals surface area contributed by atoms with Crippen molar-refractivity contribution in [3.8, 4) is 11.3 Å². The Balaban J connectivity index is 1.79. The van der Waals surface area contributed by atoms with Crippen LogP contribution in [0, 0.1) is 0 Å². The first-order valence-electron chi connectivity index (χ1n) is 8.72. The first-order chi connectivity index (χ1) is 13.3. The number of rotatable bonds is 3. The summed E-state index contributed by atoms with van der Waals surface area (Å²) in [4.78, 5) is 17.3. The van der Waals surface area contributed by atoms with Crippen LogP contribution >= 0.6 is 0 Å². The van der Waals surface area contributed by atoms with Crippen LogP contribution in [0.5, 0.6) is 0 Å². The van der Waals surface area contributed by atoms with Crippen molar-refractivity contribution in [1.29, 1.82) is 0 Å². The minimum absolute atomic E-state index is 0.0932. The van der Waals surface area contributed by atoms with Crippen molar-refractivity contribution in [1.82, 2.24) is 20.1 Å². The van der Waals surface area contributed by atoms with Crippen LogP contribution in [-0.2, 0) is 18.0 Å². The zero-order valence-corrected chi connectivity index (χ0v) is 15.0. The van der Waals surface area contributed by atoms with E-state index in [0.717, 1.165) is 12.1 Å². The van der Waals surface area contributed by atoms with E-state index in [9.17, 15) is 18.0 Å². The molecular formula is C19H17F3N4O2. The van der Waals surface area contributed by atoms with Gasteiger partial charge in [0, 0.05) is 19.2 Å². The maximum absolute atomic E-state index is 13.1. The molecule has 1 aromatic carbocycles. The van der Waals surface area contributed by atoms with Gasteiger partial charge in [0.25, 0.3) is 5.91 Å². The molecule has 28 heavy (non-hydrogen) atoms. The third kappa shape index (κ3) is 3.45. The standard InChI is InChI=1S/C19H17F3N4O2/c1-26-17-15(9-23-26)14(18(27)24-13-5-6-28-10-13)8-16(25-17)11-3-2-4-12(7-11)19(20,21)22/h2-4,7-9,13H,5-6,10H2,1H3,(H,24,27). The van der Waals surface area contributed by atoms with Crippen LogP contribution in [0.2, 0.25) is 0 Å². The van der Waals surface area contributed by atoms with E-state index in [1.54, 1.807) is 7.05 Å². The summed E-state index contributed by atoms with van der Waals surface area (Å²) in [7, 11) is 1.66. The molecule has 1 amide bonds. The highest BCUT2D eigenvalue weighted by atomic mass is 19.4. The van der Waals surface area contributed by atoms with Crippen molar-refractivity contribution in [2.24, 2.45) is 7.05 Å². The van der Waals surface area contributed by atoms with Crippen LogP contribution in [0.25, 0.3) is 22.3 Å². The van der Waals surface area contributed by atoms with E-state index in [1.165, 1.54) is 29.1 Å². The van der Waals surface area contributed by atoms with Gasteiger partial charge < -0.3 is 10.1 Å². The van der Waals surface area contributed by atoms with Crippen molar-refractivity contribution in [3.05, 3.63) is 47.7 Å². The molecule has 1 aliphatic heterocycles. The molecule has 1 unspecified atom stereocenters. The molecule has 0 spiro atoms. The van der Waals surface area contributed by atoms with E-state index >= 15 is 0 Å². The predicted octanol–water partition coefficient (Wildman–Crippen LogP) is 3.17. The minimum atomic E-state index is -4.46. The number of carbonyl (C=O) groups excluding carboxylic acids is 1. The summed E-state index contributed by atoms with van der Waals surface area (Å²) in [6.07, 6.45) is -2.22. The van der Waals surface area contributed by atoms with Gasteiger partial charge in [-0.15, -0.1) is 0 Å². The first kappa shape index (κ1) is 18.4. The van der Waals surface area contributed by atoms with Gasteiger partial charge in [-0.2, -0.15) is 18.3 Å². The fraction of sp³-hybridized carbons (Fsp3) is 0.316. The van der Waals surface area contributed by atoms with Gasteiger partial charge in [0.1, 0.15) is 0 Å². The molecule has 0 bridgehead atoms. The topological polar surface area (TPSA) is 69.0 Å². The summed E-state index contributed by atoms with van der Waals surface area (Å²) in [5.74, 6) is -0.330. The Kier molecular flexibility index (Phi) is 4.54. The quantitative estimate of drug-likeness (QED) is 0.746. The number of aromatic nitrogens is 3. The van der Waals surface area contributed by atoms with Crippen molar-refractivity contribution in [3.63, 3.8) is 0 Å². The zero-order chi connectivity index (χ0) is 19.9. The fourth-order valence-corrected chi connectivity index (χ4v) is 3.22. The number of carbonyl (C=O) groups is 1. The molecule has 0 saturated carbocycles. The predicted molar refractivity (Wildman–Crippen MR) is 95.6 cm³/mol. The molecule has 9 heteroatoms. The molecule has 1 fully saturated rings. The Bertz CT molecular complexity index is 1040. The van der Waals surface area contributed by atoms with E-state index in [4.69, 9.17) is 4.74 Å². The first-order valence-corrected chi connectivity index (χ1v) is 8.72. The molecule has 146 valence electrons. The Morgan fingerprint density at radius 1 is 1.32 bits per heavy atom. The maximum Gasteiger partial charge on any atom is 0.416 e. The van der Waals surface area contributed by atoms with Gasteiger partial charge in [0.15, 0.2) is 5.65 Å². The zero-order valence-electron chi connectivity index (χ0n) is 15.0. The lowest BCUT2D eigenvalue weighted by molar-refractivity contribution is -0.137. The molecule has 1 saturated heterocycles. The van der Waals surface area contributed by atoms with E-state index in [0.29, 0.717) is 36.2 Å². The second-order valence-electron chi connectivity index (χ2n) is 6.67. The molecule has 6 nitrogen and oxygen atoms in total. The number of fused-ring (bicyclic) bond motifs is 1. The lowest BCUT2D eigenvalue weighted by Gasteiger charge is -2.13. The van der Waals surface area contributed by atoms with Crippen LogP contribution in [0.4, 0.5) is 13.2 Å². The van der Waals surface area contributed by atoms with Crippen LogP contribution in [0.1, 0.15) is 22.3 Å². The number of amides is 1. The normalized spacial score (nSPS) is 17.2. The smallest absolute Gasteiger partial charge is 0.379 e. The summed E-state index contributed by atoms with van der Waals surface area (Å²) >= 11 is 0. The van der Waals surface area contributed by atoms with Gasteiger partial charge in [-0.05, 0) is 24.6 Å². The van der Waals surface area contributed by atoms with Gasteiger partial charge in [-0.1, -0.05) is 12.1 Å². The summed E-state index contributed by atoms with van der Waals surface area (Å²) < 4.78 is 46.0. The number of benzene rings is 1. The second kappa shape index (κ2) is 6.90. The largest absolute Gasteiger partial charge is 0.416 e. The third-order valence-corrected chi connectivity index (χ3v) is 4.70. The van der Waals surface area contributed by atoms with Gasteiger partial charge in [0.2, 0.25) is 0 Å². The van der Waals surface area contributed by atoms with Crippen LogP contribution in [0.3, 0.4) is 0 Å². The molecule has 1 atom stereocenters. The highest BCUT2D eigenvalue weighted by molar-refractivity contribution is 6.06. The van der Waals surface area contributed by atoms with Crippen LogP contribution < -0.4 is 5.32 Å². The van der Waals surface area contributed by atoms with Gasteiger partial charge in [-0.3, -0.25) is 9.48 Å². The van der Waals surface area contributed by atoms with Gasteiger partial charge in [0.05, 0.1) is 41.1 Å². The maximum atomic E-state index is 13.1. The number of ether oxygens (including phenoxy) is 1. The highest BCUT2D eigenvalue weighted by Crippen LogP contribution is 2.32. The highest BCUT2D eigenvalue weighted by Gasteiger charge is 2.30. The van der Waals surface area contributed by atoms with Gasteiger partial charge >= 0.3 is 6.18 Å². The number of hydrogen-bond donors (Lipinski definition) is 1. The summed E-state index contributed by atoms with van der Waals surface area (Å²) in [6, 6.07) is 6.29. The molecular weight excluding hydrogens is 373 g/mol. The summed E-state index contributed by atoms with van der Waals surface area (Å²) in [5.41, 5.74) is 0.511. The number of pyridine rings is 1. The van der Waals surface area contributed by atoms with E-state index in [1.807, 2.05) is 0 Å². The van der Waals surface area contributed by atoms with E-state index < -0.39 is 11.7 Å². The molecule has 4 rings (SSSR count). The lowest BCUT2D eigenvalue weighted by Crippen LogP contribution is -2.35. The number of nitrogens with zero attached hydrogens (tertiary/aromatic N) is 3. The summed E-state index contributed by atoms with van der Waals surface area (Å²) in [6.45, 7) is 1.02. The number of aryl methyl sites for hydroxylation is 1. The number of alkyl halides is 3. The average molecular weight is 390 g/mol. The summed E-state index contributed by atoms with van der Waals surface area (Å²) in [5, 5.41) is 7.57. The SMILES string of the molecule is Cn1ncc2c(C(=O)NC3CCOC3)cc(-c3cccc(C(F)(F)F)c3)nc21.